The van der Waals surface area contributed by atoms with E-state index < -0.39 is 0 Å². The number of nitrogens with one attached hydrogen (secondary N) is 2. The third kappa shape index (κ3) is 3.32. The maximum Gasteiger partial charge on any atom is 0.240 e. The van der Waals surface area contributed by atoms with Gasteiger partial charge in [0.25, 0.3) is 0 Å². The summed E-state index contributed by atoms with van der Waals surface area (Å²) in [4.78, 5) is 12.2. The highest BCUT2D eigenvalue weighted by atomic mass is 19.1. The highest BCUT2D eigenvalue weighted by Crippen LogP contribution is 2.22. The molecule has 1 aromatic rings. The molecule has 0 aromatic heterocycles. The van der Waals surface area contributed by atoms with Crippen molar-refractivity contribution in [3.63, 3.8) is 0 Å². The molecular weight excluding hydrogens is 243 g/mol. The average Bonchev–Trinajstić information content (AvgIpc) is 2.91. The van der Waals surface area contributed by atoms with Crippen molar-refractivity contribution in [1.29, 1.82) is 0 Å². The van der Waals surface area contributed by atoms with Crippen molar-refractivity contribution in [2.75, 3.05) is 13.1 Å². The zero-order chi connectivity index (χ0) is 13.7. The first-order valence-corrected chi connectivity index (χ1v) is 6.94. The lowest BCUT2D eigenvalue weighted by atomic mass is 9.93. The van der Waals surface area contributed by atoms with E-state index in [4.69, 9.17) is 0 Å². The zero-order valence-electron chi connectivity index (χ0n) is 11.3. The van der Waals surface area contributed by atoms with Gasteiger partial charge in [-0.05, 0) is 49.9 Å². The smallest absolute Gasteiger partial charge is 0.240 e. The third-order valence-electron chi connectivity index (χ3n) is 3.89. The van der Waals surface area contributed by atoms with Crippen LogP contribution in [0.4, 0.5) is 4.39 Å². The Balaban J connectivity index is 1.82. The topological polar surface area (TPSA) is 41.1 Å². The minimum absolute atomic E-state index is 0.0922. The third-order valence-corrected chi connectivity index (χ3v) is 3.89. The lowest BCUT2D eigenvalue weighted by Crippen LogP contribution is -2.53. The first kappa shape index (κ1) is 14.0. The fourth-order valence-corrected chi connectivity index (χ4v) is 2.60. The van der Waals surface area contributed by atoms with Crippen LogP contribution < -0.4 is 10.6 Å². The normalized spacial score (nSPS) is 22.4. The molecule has 4 heteroatoms. The summed E-state index contributed by atoms with van der Waals surface area (Å²) in [5.74, 6) is -0.137. The monoisotopic (exact) mass is 264 g/mol. The summed E-state index contributed by atoms with van der Waals surface area (Å²) < 4.78 is 12.8. The van der Waals surface area contributed by atoms with Gasteiger partial charge in [0.2, 0.25) is 5.91 Å². The van der Waals surface area contributed by atoms with Gasteiger partial charge in [-0.2, -0.15) is 0 Å². The molecule has 0 radical (unpaired) electrons. The number of hydrogen-bond donors (Lipinski definition) is 2. The number of amides is 1. The van der Waals surface area contributed by atoms with Crippen LogP contribution >= 0.6 is 0 Å². The van der Waals surface area contributed by atoms with Crippen LogP contribution in [-0.4, -0.2) is 24.5 Å². The number of carbonyl (C=O) groups is 1. The summed E-state index contributed by atoms with van der Waals surface area (Å²) in [6.07, 6.45) is 3.51. The highest BCUT2D eigenvalue weighted by molar-refractivity contribution is 5.86. The van der Waals surface area contributed by atoms with Gasteiger partial charge in [0.05, 0.1) is 5.54 Å². The van der Waals surface area contributed by atoms with Crippen molar-refractivity contribution >= 4 is 5.91 Å². The van der Waals surface area contributed by atoms with Crippen LogP contribution in [0.2, 0.25) is 0 Å². The standard InChI is InChI=1S/C15H21FN2O/c1-2-15(9-3-10-18-15)14(19)17-11-8-12-4-6-13(16)7-5-12/h4-7,18H,2-3,8-11H2,1H3,(H,17,19)/t15-/m1/s1. The van der Waals surface area contributed by atoms with Gasteiger partial charge in [0.1, 0.15) is 5.82 Å². The molecule has 1 atom stereocenters. The summed E-state index contributed by atoms with van der Waals surface area (Å²) in [7, 11) is 0. The molecule has 1 saturated heterocycles. The van der Waals surface area contributed by atoms with Gasteiger partial charge in [0, 0.05) is 6.54 Å². The first-order valence-electron chi connectivity index (χ1n) is 6.94. The molecule has 1 aromatic carbocycles. The minimum Gasteiger partial charge on any atom is -0.354 e. The van der Waals surface area contributed by atoms with E-state index in [0.29, 0.717) is 6.54 Å². The van der Waals surface area contributed by atoms with Gasteiger partial charge in [-0.15, -0.1) is 0 Å². The van der Waals surface area contributed by atoms with E-state index in [-0.39, 0.29) is 17.3 Å². The number of carbonyl (C=O) groups excluding carboxylic acids is 1. The molecule has 2 N–H and O–H groups in total. The van der Waals surface area contributed by atoms with E-state index in [1.807, 2.05) is 6.92 Å². The second-order valence-corrected chi connectivity index (χ2v) is 5.10. The number of benzene rings is 1. The van der Waals surface area contributed by atoms with Gasteiger partial charge in [-0.25, -0.2) is 4.39 Å². The van der Waals surface area contributed by atoms with Gasteiger partial charge in [-0.1, -0.05) is 19.1 Å². The van der Waals surface area contributed by atoms with Crippen molar-refractivity contribution in [2.45, 2.75) is 38.1 Å². The zero-order valence-corrected chi connectivity index (χ0v) is 11.3. The Kier molecular flexibility index (Phi) is 4.53. The molecule has 104 valence electrons. The Bertz CT molecular complexity index is 424. The van der Waals surface area contributed by atoms with Crippen LogP contribution in [0.1, 0.15) is 31.7 Å². The predicted molar refractivity (Wildman–Crippen MR) is 73.4 cm³/mol. The lowest BCUT2D eigenvalue weighted by molar-refractivity contribution is -0.127. The lowest BCUT2D eigenvalue weighted by Gasteiger charge is -2.26. The Labute approximate surface area is 113 Å². The second kappa shape index (κ2) is 6.15. The van der Waals surface area contributed by atoms with E-state index in [1.54, 1.807) is 12.1 Å². The van der Waals surface area contributed by atoms with Gasteiger partial charge < -0.3 is 10.6 Å². The maximum absolute atomic E-state index is 12.8. The van der Waals surface area contributed by atoms with Gasteiger partial charge >= 0.3 is 0 Å². The average molecular weight is 264 g/mol. The van der Waals surface area contributed by atoms with E-state index in [9.17, 15) is 9.18 Å². The van der Waals surface area contributed by atoms with E-state index in [1.165, 1.54) is 12.1 Å². The molecule has 1 heterocycles. The molecule has 1 amide bonds. The largest absolute Gasteiger partial charge is 0.354 e. The van der Waals surface area contributed by atoms with Crippen molar-refractivity contribution in [3.8, 4) is 0 Å². The van der Waals surface area contributed by atoms with Gasteiger partial charge in [0.15, 0.2) is 0 Å². The quantitative estimate of drug-likeness (QED) is 0.854. The minimum atomic E-state index is -0.372. The first-order chi connectivity index (χ1) is 9.16. The SMILES string of the molecule is CC[C@]1(C(=O)NCCc2ccc(F)cc2)CCCN1. The van der Waals surface area contributed by atoms with Crippen LogP contribution in [0.5, 0.6) is 0 Å². The number of hydrogen-bond acceptors (Lipinski definition) is 2. The fourth-order valence-electron chi connectivity index (χ4n) is 2.60. The molecule has 3 nitrogen and oxygen atoms in total. The van der Waals surface area contributed by atoms with Crippen LogP contribution in [0.3, 0.4) is 0 Å². The van der Waals surface area contributed by atoms with E-state index in [0.717, 1.165) is 37.8 Å². The maximum atomic E-state index is 12.8. The Morgan fingerprint density at radius 2 is 2.16 bits per heavy atom. The van der Waals surface area contributed by atoms with E-state index >= 15 is 0 Å². The molecular formula is C15H21FN2O. The molecule has 0 bridgehead atoms. The van der Waals surface area contributed by atoms with Crippen LogP contribution in [0.15, 0.2) is 24.3 Å². The predicted octanol–water partition coefficient (Wildman–Crippen LogP) is 2.02. The number of halogens is 1. The highest BCUT2D eigenvalue weighted by Gasteiger charge is 2.38. The van der Waals surface area contributed by atoms with Gasteiger partial charge in [-0.3, -0.25) is 4.79 Å². The molecule has 1 fully saturated rings. The van der Waals surface area contributed by atoms with Crippen molar-refractivity contribution in [2.24, 2.45) is 0 Å². The Morgan fingerprint density at radius 1 is 1.42 bits per heavy atom. The Hall–Kier alpha value is -1.42. The summed E-state index contributed by atoms with van der Waals surface area (Å²) in [5.41, 5.74) is 0.662. The number of rotatable bonds is 5. The van der Waals surface area contributed by atoms with Crippen molar-refractivity contribution in [3.05, 3.63) is 35.6 Å². The molecule has 0 aliphatic carbocycles. The Morgan fingerprint density at radius 3 is 2.74 bits per heavy atom. The molecule has 2 rings (SSSR count). The summed E-state index contributed by atoms with van der Waals surface area (Å²) in [5, 5.41) is 6.30. The van der Waals surface area contributed by atoms with E-state index in [2.05, 4.69) is 10.6 Å². The summed E-state index contributed by atoms with van der Waals surface area (Å²) in [6.45, 7) is 3.55. The molecule has 0 spiro atoms. The molecule has 0 unspecified atom stereocenters. The summed E-state index contributed by atoms with van der Waals surface area (Å²) in [6, 6.07) is 6.40. The molecule has 19 heavy (non-hydrogen) atoms. The van der Waals surface area contributed by atoms with Crippen molar-refractivity contribution < 1.29 is 9.18 Å². The van der Waals surface area contributed by atoms with Crippen LogP contribution in [0.25, 0.3) is 0 Å². The second-order valence-electron chi connectivity index (χ2n) is 5.10. The fraction of sp³-hybridized carbons (Fsp3) is 0.533. The summed E-state index contributed by atoms with van der Waals surface area (Å²) >= 11 is 0. The van der Waals surface area contributed by atoms with Crippen molar-refractivity contribution in [1.82, 2.24) is 10.6 Å². The molecule has 0 saturated carbocycles. The molecule has 1 aliphatic rings. The molecule has 1 aliphatic heterocycles. The van der Waals surface area contributed by atoms with Crippen LogP contribution in [-0.2, 0) is 11.2 Å². The van der Waals surface area contributed by atoms with Crippen LogP contribution in [0, 0.1) is 5.82 Å².